The Bertz CT molecular complexity index is 166. The molecule has 2 heterocycles. The van der Waals surface area contributed by atoms with E-state index in [4.69, 9.17) is 4.74 Å². The molecule has 1 spiro atoms. The number of rotatable bonds is 0. The molecule has 0 radical (unpaired) electrons. The number of nitrogens with zero attached hydrogens (tertiary/aromatic N) is 1. The second-order valence-electron chi connectivity index (χ2n) is 4.21. The third kappa shape index (κ3) is 1.26. The summed E-state index contributed by atoms with van der Waals surface area (Å²) in [5.74, 6) is 0. The first-order chi connectivity index (χ1) is 5.73. The molecule has 2 rings (SSSR count). The molecule has 0 aromatic heterocycles. The van der Waals surface area contributed by atoms with E-state index in [-0.39, 0.29) is 0 Å². The van der Waals surface area contributed by atoms with Crippen molar-refractivity contribution in [2.24, 2.45) is 0 Å². The molecule has 0 saturated carbocycles. The van der Waals surface area contributed by atoms with Gasteiger partial charge in [-0.1, -0.05) is 0 Å². The average Bonchev–Trinajstić information content (AvgIpc) is 2.29. The lowest BCUT2D eigenvalue weighted by Crippen LogP contribution is -2.63. The van der Waals surface area contributed by atoms with Gasteiger partial charge in [0.15, 0.2) is 0 Å². The number of morpholine rings is 1. The molecule has 0 bridgehead atoms. The van der Waals surface area contributed by atoms with Crippen LogP contribution in [0.25, 0.3) is 0 Å². The van der Waals surface area contributed by atoms with E-state index >= 15 is 0 Å². The van der Waals surface area contributed by atoms with Crippen molar-refractivity contribution in [3.63, 3.8) is 0 Å². The summed E-state index contributed by atoms with van der Waals surface area (Å²) in [6, 6.07) is 1.45. The Morgan fingerprint density at radius 3 is 2.42 bits per heavy atom. The summed E-state index contributed by atoms with van der Waals surface area (Å²) < 4.78 is 6.48. The van der Waals surface area contributed by atoms with Gasteiger partial charge in [-0.05, 0) is 13.8 Å². The minimum atomic E-state index is 0.679. The fourth-order valence-electron chi connectivity index (χ4n) is 2.57. The van der Waals surface area contributed by atoms with Crippen LogP contribution in [0, 0.1) is 0 Å². The van der Waals surface area contributed by atoms with Crippen molar-refractivity contribution in [2.45, 2.75) is 32.4 Å². The lowest BCUT2D eigenvalue weighted by Gasteiger charge is -2.40. The SMILES string of the molecule is CC1CC(C)[N+]2(CCOCC2)N1. The molecule has 2 aliphatic rings. The highest BCUT2D eigenvalue weighted by Crippen LogP contribution is 2.24. The molecular formula is C9H19N2O+. The minimum absolute atomic E-state index is 0.679. The monoisotopic (exact) mass is 171 g/mol. The van der Waals surface area contributed by atoms with Gasteiger partial charge in [0, 0.05) is 6.42 Å². The van der Waals surface area contributed by atoms with Crippen LogP contribution < -0.4 is 5.43 Å². The summed E-state index contributed by atoms with van der Waals surface area (Å²) in [6.07, 6.45) is 1.31. The summed E-state index contributed by atoms with van der Waals surface area (Å²) in [6.45, 7) is 8.76. The van der Waals surface area contributed by atoms with Crippen LogP contribution in [0.15, 0.2) is 0 Å². The van der Waals surface area contributed by atoms with Gasteiger partial charge >= 0.3 is 0 Å². The van der Waals surface area contributed by atoms with Crippen molar-refractivity contribution in [1.82, 2.24) is 5.43 Å². The quantitative estimate of drug-likeness (QED) is 0.536. The Morgan fingerprint density at radius 2 is 1.92 bits per heavy atom. The maximum absolute atomic E-state index is 5.38. The Morgan fingerprint density at radius 1 is 1.25 bits per heavy atom. The molecule has 2 fully saturated rings. The van der Waals surface area contributed by atoms with E-state index < -0.39 is 0 Å². The maximum Gasteiger partial charge on any atom is 0.120 e. The lowest BCUT2D eigenvalue weighted by atomic mass is 10.1. The fraction of sp³-hybridized carbons (Fsp3) is 1.00. The van der Waals surface area contributed by atoms with Gasteiger partial charge in [0.1, 0.15) is 19.1 Å². The third-order valence-corrected chi connectivity index (χ3v) is 3.29. The highest BCUT2D eigenvalue weighted by Gasteiger charge is 2.43. The largest absolute Gasteiger partial charge is 0.370 e. The van der Waals surface area contributed by atoms with Gasteiger partial charge in [-0.3, -0.25) is 0 Å². The molecule has 3 heteroatoms. The molecule has 0 aromatic rings. The van der Waals surface area contributed by atoms with Gasteiger partial charge in [-0.15, -0.1) is 0 Å². The van der Waals surface area contributed by atoms with Crippen LogP contribution >= 0.6 is 0 Å². The van der Waals surface area contributed by atoms with Crippen molar-refractivity contribution in [3.8, 4) is 0 Å². The summed E-state index contributed by atoms with van der Waals surface area (Å²) >= 11 is 0. The van der Waals surface area contributed by atoms with Crippen LogP contribution in [0.3, 0.4) is 0 Å². The summed E-state index contributed by atoms with van der Waals surface area (Å²) in [4.78, 5) is 0. The van der Waals surface area contributed by atoms with E-state index in [0.29, 0.717) is 6.04 Å². The molecule has 0 aromatic carbocycles. The molecule has 12 heavy (non-hydrogen) atoms. The summed E-state index contributed by atoms with van der Waals surface area (Å²) in [7, 11) is 0. The number of hydrogen-bond acceptors (Lipinski definition) is 2. The van der Waals surface area contributed by atoms with Crippen LogP contribution in [-0.4, -0.2) is 43.0 Å². The van der Waals surface area contributed by atoms with Crippen LogP contribution in [0.2, 0.25) is 0 Å². The zero-order valence-electron chi connectivity index (χ0n) is 8.05. The van der Waals surface area contributed by atoms with E-state index in [1.165, 1.54) is 6.42 Å². The van der Waals surface area contributed by atoms with Crippen molar-refractivity contribution in [2.75, 3.05) is 26.3 Å². The third-order valence-electron chi connectivity index (χ3n) is 3.29. The predicted octanol–water partition coefficient (Wildman–Crippen LogP) is 0.519. The van der Waals surface area contributed by atoms with Crippen LogP contribution in [-0.2, 0) is 4.74 Å². The van der Waals surface area contributed by atoms with Crippen molar-refractivity contribution >= 4 is 0 Å². The topological polar surface area (TPSA) is 21.3 Å². The average molecular weight is 171 g/mol. The van der Waals surface area contributed by atoms with E-state index in [9.17, 15) is 0 Å². The molecule has 2 atom stereocenters. The van der Waals surface area contributed by atoms with Gasteiger partial charge in [0.25, 0.3) is 0 Å². The zero-order chi connectivity index (χ0) is 8.60. The van der Waals surface area contributed by atoms with E-state index in [1.807, 2.05) is 0 Å². The summed E-state index contributed by atoms with van der Waals surface area (Å²) in [5.41, 5.74) is 3.68. The Balaban J connectivity index is 2.08. The van der Waals surface area contributed by atoms with Gasteiger partial charge < -0.3 is 4.74 Å². The fourth-order valence-corrected chi connectivity index (χ4v) is 2.57. The van der Waals surface area contributed by atoms with Gasteiger partial charge in [0.2, 0.25) is 0 Å². The Kier molecular flexibility index (Phi) is 2.10. The van der Waals surface area contributed by atoms with Crippen molar-refractivity contribution < 1.29 is 9.33 Å². The zero-order valence-corrected chi connectivity index (χ0v) is 8.05. The van der Waals surface area contributed by atoms with Crippen LogP contribution in [0.4, 0.5) is 0 Å². The molecular weight excluding hydrogens is 152 g/mol. The molecule has 2 saturated heterocycles. The highest BCUT2D eigenvalue weighted by atomic mass is 16.5. The predicted molar refractivity (Wildman–Crippen MR) is 47.5 cm³/mol. The standard InChI is InChI=1S/C9H19N2O/c1-8-7-9(2)11(10-8)3-5-12-6-4-11/h8-10H,3-7H2,1-2H3/q+1. The van der Waals surface area contributed by atoms with Crippen LogP contribution in [0.5, 0.6) is 0 Å². The summed E-state index contributed by atoms with van der Waals surface area (Å²) in [5, 5.41) is 0. The Labute approximate surface area is 74.3 Å². The van der Waals surface area contributed by atoms with Crippen molar-refractivity contribution in [3.05, 3.63) is 0 Å². The first kappa shape index (κ1) is 8.48. The highest BCUT2D eigenvalue weighted by molar-refractivity contribution is 4.71. The van der Waals surface area contributed by atoms with Gasteiger partial charge in [-0.25, -0.2) is 4.59 Å². The number of hydrogen-bond donors (Lipinski definition) is 1. The molecule has 0 amide bonds. The molecule has 1 N–H and O–H groups in total. The van der Waals surface area contributed by atoms with Crippen LogP contribution in [0.1, 0.15) is 20.3 Å². The number of quaternary nitrogens is 1. The molecule has 2 aliphatic heterocycles. The molecule has 0 aliphatic carbocycles. The second kappa shape index (κ2) is 2.98. The lowest BCUT2D eigenvalue weighted by molar-refractivity contribution is -0.984. The smallest absolute Gasteiger partial charge is 0.120 e. The Hall–Kier alpha value is -0.120. The molecule has 3 nitrogen and oxygen atoms in total. The maximum atomic E-state index is 5.38. The number of nitrogens with one attached hydrogen (secondary N) is 1. The molecule has 70 valence electrons. The van der Waals surface area contributed by atoms with E-state index in [1.54, 1.807) is 0 Å². The van der Waals surface area contributed by atoms with Gasteiger partial charge in [0.05, 0.1) is 19.3 Å². The first-order valence-electron chi connectivity index (χ1n) is 4.95. The van der Waals surface area contributed by atoms with E-state index in [0.717, 1.165) is 36.9 Å². The molecule has 2 unspecified atom stereocenters. The number of ether oxygens (including phenoxy) is 1. The first-order valence-corrected chi connectivity index (χ1v) is 4.95. The minimum Gasteiger partial charge on any atom is -0.370 e. The van der Waals surface area contributed by atoms with Crippen molar-refractivity contribution in [1.29, 1.82) is 0 Å². The van der Waals surface area contributed by atoms with Gasteiger partial charge in [-0.2, -0.15) is 5.43 Å². The second-order valence-corrected chi connectivity index (χ2v) is 4.21. The van der Waals surface area contributed by atoms with E-state index in [2.05, 4.69) is 19.3 Å². The normalized spacial score (nSPS) is 40.5.